The molecular weight excluding hydrogens is 122 g/mol. The predicted molar refractivity (Wildman–Crippen MR) is 44.6 cm³/mol. The van der Waals surface area contributed by atoms with Crippen molar-refractivity contribution in [1.29, 1.82) is 0 Å². The van der Waals surface area contributed by atoms with Crippen molar-refractivity contribution in [1.82, 2.24) is 0 Å². The molecule has 54 valence electrons. The van der Waals surface area contributed by atoms with Crippen LogP contribution in [0.15, 0.2) is 36.5 Å². The van der Waals surface area contributed by atoms with Crippen LogP contribution in [0.25, 0.3) is 0 Å². The van der Waals surface area contributed by atoms with Gasteiger partial charge in [0.05, 0.1) is 0 Å². The van der Waals surface area contributed by atoms with Gasteiger partial charge < -0.3 is 5.73 Å². The molecule has 0 bridgehead atoms. The van der Waals surface area contributed by atoms with Crippen molar-refractivity contribution in [2.75, 3.05) is 6.54 Å². The van der Waals surface area contributed by atoms with Crippen LogP contribution >= 0.6 is 0 Å². The van der Waals surface area contributed by atoms with E-state index in [1.807, 2.05) is 6.08 Å². The lowest BCUT2D eigenvalue weighted by Gasteiger charge is -2.15. The normalized spacial score (nSPS) is 24.1. The van der Waals surface area contributed by atoms with Crippen LogP contribution in [0.3, 0.4) is 0 Å². The van der Waals surface area contributed by atoms with Crippen LogP contribution in [0.5, 0.6) is 0 Å². The van der Waals surface area contributed by atoms with Gasteiger partial charge in [0, 0.05) is 0 Å². The van der Waals surface area contributed by atoms with E-state index in [1.54, 1.807) is 0 Å². The zero-order valence-electron chi connectivity index (χ0n) is 6.09. The minimum atomic E-state index is 0.502. The monoisotopic (exact) mass is 135 g/mol. The first-order valence-corrected chi connectivity index (χ1v) is 3.57. The van der Waals surface area contributed by atoms with Gasteiger partial charge in [-0.3, -0.25) is 0 Å². The zero-order valence-corrected chi connectivity index (χ0v) is 6.09. The highest BCUT2D eigenvalue weighted by Gasteiger charge is 2.09. The van der Waals surface area contributed by atoms with Gasteiger partial charge in [-0.05, 0) is 24.5 Å². The van der Waals surface area contributed by atoms with Gasteiger partial charge in [0.2, 0.25) is 0 Å². The van der Waals surface area contributed by atoms with Crippen LogP contribution in [-0.4, -0.2) is 6.54 Å². The highest BCUT2D eigenvalue weighted by atomic mass is 14.5. The van der Waals surface area contributed by atoms with E-state index in [9.17, 15) is 0 Å². The third-order valence-corrected chi connectivity index (χ3v) is 1.84. The Bertz CT molecular complexity index is 177. The second-order valence-corrected chi connectivity index (χ2v) is 2.47. The molecule has 0 radical (unpaired) electrons. The first-order chi connectivity index (χ1) is 4.88. The minimum absolute atomic E-state index is 0.502. The van der Waals surface area contributed by atoms with Crippen LogP contribution in [-0.2, 0) is 0 Å². The largest absolute Gasteiger partial charge is 0.330 e. The summed E-state index contributed by atoms with van der Waals surface area (Å²) >= 11 is 0. The van der Waals surface area contributed by atoms with Gasteiger partial charge in [0.25, 0.3) is 0 Å². The molecule has 1 nitrogen and oxygen atoms in total. The Balaban J connectivity index is 2.70. The molecule has 0 unspecified atom stereocenters. The van der Waals surface area contributed by atoms with Gasteiger partial charge in [-0.25, -0.2) is 0 Å². The SMILES string of the molecule is C=CC1=CC=CC[C@H]1CN. The summed E-state index contributed by atoms with van der Waals surface area (Å²) in [6.45, 7) is 4.45. The Kier molecular flexibility index (Phi) is 2.46. The van der Waals surface area contributed by atoms with Gasteiger partial charge in [0.15, 0.2) is 0 Å². The van der Waals surface area contributed by atoms with Crippen LogP contribution in [0.2, 0.25) is 0 Å². The number of hydrogen-bond acceptors (Lipinski definition) is 1. The molecule has 0 fully saturated rings. The van der Waals surface area contributed by atoms with E-state index < -0.39 is 0 Å². The number of nitrogens with two attached hydrogens (primary N) is 1. The summed E-state index contributed by atoms with van der Waals surface area (Å²) in [7, 11) is 0. The molecule has 1 aliphatic carbocycles. The maximum Gasteiger partial charge on any atom is -0.000443 e. The number of rotatable bonds is 2. The average Bonchev–Trinajstić information content (AvgIpc) is 2.04. The fourth-order valence-corrected chi connectivity index (χ4v) is 1.16. The van der Waals surface area contributed by atoms with Crippen molar-refractivity contribution in [3.8, 4) is 0 Å². The Hall–Kier alpha value is -0.820. The van der Waals surface area contributed by atoms with Crippen LogP contribution < -0.4 is 5.73 Å². The fraction of sp³-hybridized carbons (Fsp3) is 0.333. The lowest BCUT2D eigenvalue weighted by Crippen LogP contribution is -2.16. The molecule has 0 aromatic rings. The molecule has 0 spiro atoms. The quantitative estimate of drug-likeness (QED) is 0.612. The Morgan fingerprint density at radius 1 is 1.80 bits per heavy atom. The summed E-state index contributed by atoms with van der Waals surface area (Å²) in [5, 5.41) is 0. The molecule has 0 saturated heterocycles. The summed E-state index contributed by atoms with van der Waals surface area (Å²) in [6, 6.07) is 0. The van der Waals surface area contributed by atoms with Gasteiger partial charge >= 0.3 is 0 Å². The van der Waals surface area contributed by atoms with E-state index in [0.717, 1.165) is 13.0 Å². The van der Waals surface area contributed by atoms with Crippen molar-refractivity contribution < 1.29 is 0 Å². The summed E-state index contributed by atoms with van der Waals surface area (Å²) < 4.78 is 0. The van der Waals surface area contributed by atoms with Crippen molar-refractivity contribution >= 4 is 0 Å². The van der Waals surface area contributed by atoms with Gasteiger partial charge in [-0.15, -0.1) is 0 Å². The smallest absolute Gasteiger partial charge is 0.000443 e. The standard InChI is InChI=1S/C9H13N/c1-2-8-5-3-4-6-9(8)7-10/h2-5,9H,1,6-7,10H2/t9-/m0/s1. The molecule has 2 N–H and O–H groups in total. The van der Waals surface area contributed by atoms with Crippen molar-refractivity contribution in [2.24, 2.45) is 11.7 Å². The van der Waals surface area contributed by atoms with Gasteiger partial charge in [-0.1, -0.05) is 30.9 Å². The molecule has 1 heteroatoms. The third kappa shape index (κ3) is 1.36. The van der Waals surface area contributed by atoms with Crippen LogP contribution in [0.1, 0.15) is 6.42 Å². The fourth-order valence-electron chi connectivity index (χ4n) is 1.16. The predicted octanol–water partition coefficient (Wildman–Crippen LogP) is 1.63. The molecule has 1 aliphatic rings. The molecule has 1 atom stereocenters. The summed E-state index contributed by atoms with van der Waals surface area (Å²) in [5.74, 6) is 0.502. The maximum absolute atomic E-state index is 5.55. The van der Waals surface area contributed by atoms with E-state index in [2.05, 4.69) is 24.8 Å². The molecule has 10 heavy (non-hydrogen) atoms. The molecule has 1 rings (SSSR count). The summed E-state index contributed by atoms with van der Waals surface area (Å²) in [4.78, 5) is 0. The lowest BCUT2D eigenvalue weighted by molar-refractivity contribution is 0.643. The summed E-state index contributed by atoms with van der Waals surface area (Å²) in [5.41, 5.74) is 6.82. The van der Waals surface area contributed by atoms with E-state index in [0.29, 0.717) is 5.92 Å². The van der Waals surface area contributed by atoms with Crippen molar-refractivity contribution in [2.45, 2.75) is 6.42 Å². The number of hydrogen-bond donors (Lipinski definition) is 1. The van der Waals surface area contributed by atoms with E-state index in [4.69, 9.17) is 5.73 Å². The Morgan fingerprint density at radius 2 is 2.60 bits per heavy atom. The Morgan fingerprint density at radius 3 is 3.10 bits per heavy atom. The van der Waals surface area contributed by atoms with E-state index >= 15 is 0 Å². The third-order valence-electron chi connectivity index (χ3n) is 1.84. The molecule has 0 saturated carbocycles. The zero-order chi connectivity index (χ0) is 7.40. The molecular formula is C9H13N. The molecule has 0 amide bonds. The van der Waals surface area contributed by atoms with Gasteiger partial charge in [0.1, 0.15) is 0 Å². The van der Waals surface area contributed by atoms with Crippen LogP contribution in [0.4, 0.5) is 0 Å². The second-order valence-electron chi connectivity index (χ2n) is 2.47. The number of allylic oxidation sites excluding steroid dienone is 4. The maximum atomic E-state index is 5.55. The highest BCUT2D eigenvalue weighted by molar-refractivity contribution is 5.28. The van der Waals surface area contributed by atoms with Crippen LogP contribution in [0, 0.1) is 5.92 Å². The minimum Gasteiger partial charge on any atom is -0.330 e. The molecule has 0 aromatic carbocycles. The molecule has 0 aromatic heterocycles. The van der Waals surface area contributed by atoms with Crippen molar-refractivity contribution in [3.63, 3.8) is 0 Å². The average molecular weight is 135 g/mol. The Labute approximate surface area is 61.9 Å². The highest BCUT2D eigenvalue weighted by Crippen LogP contribution is 2.19. The molecule has 0 aliphatic heterocycles. The van der Waals surface area contributed by atoms with E-state index in [-0.39, 0.29) is 0 Å². The first-order valence-electron chi connectivity index (χ1n) is 3.57. The van der Waals surface area contributed by atoms with Gasteiger partial charge in [-0.2, -0.15) is 0 Å². The first kappa shape index (κ1) is 7.29. The lowest BCUT2D eigenvalue weighted by atomic mass is 9.92. The second kappa shape index (κ2) is 3.37. The van der Waals surface area contributed by atoms with E-state index in [1.165, 1.54) is 5.57 Å². The summed E-state index contributed by atoms with van der Waals surface area (Å²) in [6.07, 6.45) is 9.23. The van der Waals surface area contributed by atoms with Crippen molar-refractivity contribution in [3.05, 3.63) is 36.5 Å². The molecule has 0 heterocycles. The topological polar surface area (TPSA) is 26.0 Å².